The van der Waals surface area contributed by atoms with Gasteiger partial charge in [-0.1, -0.05) is 49.5 Å². The maximum Gasteiger partial charge on any atom is 0.235 e. The molecule has 0 radical (unpaired) electrons. The summed E-state index contributed by atoms with van der Waals surface area (Å²) in [5.41, 5.74) is 2.96. The minimum Gasteiger partial charge on any atom is -0.325 e. The molecule has 1 aliphatic rings. The molecule has 1 aliphatic heterocycles. The van der Waals surface area contributed by atoms with Gasteiger partial charge >= 0.3 is 0 Å². The van der Waals surface area contributed by atoms with Crippen molar-refractivity contribution in [2.75, 3.05) is 16.0 Å². The average molecular weight is 359 g/mol. The third-order valence-corrected chi connectivity index (χ3v) is 4.21. The van der Waals surface area contributed by atoms with Crippen molar-refractivity contribution < 1.29 is 4.79 Å². The Morgan fingerprint density at radius 3 is 2.47 bits per heavy atom. The average Bonchev–Trinajstić information content (AvgIpc) is 2.54. The van der Waals surface area contributed by atoms with Gasteiger partial charge in [-0.15, -0.1) is 0 Å². The number of carbonyl (C=O) groups is 1. The summed E-state index contributed by atoms with van der Waals surface area (Å²) in [5, 5.41) is 4.67. The zero-order valence-electron chi connectivity index (χ0n) is 9.72. The molecule has 0 bridgehead atoms. The number of hydrogen-bond donors (Lipinski definition) is 1. The quantitative estimate of drug-likeness (QED) is 0.644. The molecule has 1 aromatic carbocycles. The summed E-state index contributed by atoms with van der Waals surface area (Å²) in [6.07, 6.45) is 1.67. The lowest BCUT2D eigenvalue weighted by molar-refractivity contribution is -0.121. The fourth-order valence-electron chi connectivity index (χ4n) is 2.47. The Labute approximate surface area is 119 Å². The number of nitrogens with one attached hydrogen (secondary N) is 1. The number of fused-ring (bicyclic) bond motifs is 1. The van der Waals surface area contributed by atoms with E-state index in [0.29, 0.717) is 0 Å². The van der Waals surface area contributed by atoms with E-state index in [9.17, 15) is 4.79 Å². The van der Waals surface area contributed by atoms with Crippen LogP contribution in [0, 0.1) is 0 Å². The summed E-state index contributed by atoms with van der Waals surface area (Å²) < 4.78 is 0. The molecule has 1 aromatic rings. The third-order valence-electron chi connectivity index (χ3n) is 3.42. The summed E-state index contributed by atoms with van der Waals surface area (Å²) in [6.45, 7) is 0. The van der Waals surface area contributed by atoms with Gasteiger partial charge in [-0.3, -0.25) is 4.79 Å². The summed E-state index contributed by atoms with van der Waals surface area (Å²) in [6, 6.07) is 6.18. The van der Waals surface area contributed by atoms with Crippen LogP contribution in [0.15, 0.2) is 18.2 Å². The van der Waals surface area contributed by atoms with Crippen molar-refractivity contribution in [3.63, 3.8) is 0 Å². The number of halogens is 2. The van der Waals surface area contributed by atoms with Crippen molar-refractivity contribution in [2.24, 2.45) is 0 Å². The monoisotopic (exact) mass is 357 g/mol. The second-order valence-corrected chi connectivity index (χ2v) is 6.05. The van der Waals surface area contributed by atoms with Crippen LogP contribution in [0.1, 0.15) is 18.4 Å². The van der Waals surface area contributed by atoms with Gasteiger partial charge in [0, 0.05) is 16.3 Å². The first kappa shape index (κ1) is 13.2. The Hall–Kier alpha value is -0.285. The summed E-state index contributed by atoms with van der Waals surface area (Å²) >= 11 is 6.93. The van der Waals surface area contributed by atoms with Crippen LogP contribution in [0.3, 0.4) is 0 Å². The second-order valence-electron chi connectivity index (χ2n) is 4.46. The van der Waals surface area contributed by atoms with E-state index in [1.807, 2.05) is 12.1 Å². The fraction of sp³-hybridized carbons (Fsp3) is 0.417. The summed E-state index contributed by atoms with van der Waals surface area (Å²) in [7, 11) is 2.07. The van der Waals surface area contributed by atoms with Gasteiger partial charge in [-0.05, 0) is 24.5 Å². The highest BCUT2D eigenvalue weighted by atomic mass is 79.9. The first-order valence-corrected chi connectivity index (χ1v) is 7.93. The van der Waals surface area contributed by atoms with Gasteiger partial charge in [0.25, 0.3) is 0 Å². The molecule has 0 aliphatic carbocycles. The van der Waals surface area contributed by atoms with E-state index in [1.165, 1.54) is 5.46 Å². The lowest BCUT2D eigenvalue weighted by Crippen LogP contribution is -2.35. The number of anilines is 1. The number of amides is 1. The van der Waals surface area contributed by atoms with E-state index in [-0.39, 0.29) is 11.3 Å². The number of benzene rings is 1. The van der Waals surface area contributed by atoms with Crippen LogP contribution in [0.25, 0.3) is 0 Å². The maximum atomic E-state index is 12.3. The van der Waals surface area contributed by atoms with E-state index in [4.69, 9.17) is 0 Å². The predicted molar refractivity (Wildman–Crippen MR) is 81.7 cm³/mol. The largest absolute Gasteiger partial charge is 0.325 e. The van der Waals surface area contributed by atoms with Gasteiger partial charge in [0.15, 0.2) is 0 Å². The van der Waals surface area contributed by atoms with E-state index >= 15 is 0 Å². The lowest BCUT2D eigenvalue weighted by atomic mass is 9.75. The van der Waals surface area contributed by atoms with Crippen LogP contribution in [0.4, 0.5) is 5.69 Å². The molecule has 0 saturated heterocycles. The standard InChI is InChI=1S/C12H14BBr2NO/c13-8-1-2-10-9(7-8)12(3-5-14,4-6-15)11(17)16-10/h1-2,7H,3-6,13H2,(H,16,17). The van der Waals surface area contributed by atoms with Crippen LogP contribution >= 0.6 is 31.9 Å². The van der Waals surface area contributed by atoms with Crippen LogP contribution in [-0.2, 0) is 10.2 Å². The van der Waals surface area contributed by atoms with E-state index in [1.54, 1.807) is 0 Å². The maximum absolute atomic E-state index is 12.3. The van der Waals surface area contributed by atoms with E-state index in [2.05, 4.69) is 51.1 Å². The second kappa shape index (κ2) is 5.15. The molecule has 0 aromatic heterocycles. The molecule has 0 fully saturated rings. The highest BCUT2D eigenvalue weighted by Crippen LogP contribution is 2.43. The highest BCUT2D eigenvalue weighted by molar-refractivity contribution is 9.09. The molecule has 2 rings (SSSR count). The minimum absolute atomic E-state index is 0.136. The Bertz CT molecular complexity index is 444. The molecule has 1 heterocycles. The minimum atomic E-state index is -0.367. The zero-order chi connectivity index (χ0) is 12.5. The first-order chi connectivity index (χ1) is 8.14. The molecule has 0 unspecified atom stereocenters. The van der Waals surface area contributed by atoms with Crippen molar-refractivity contribution in [1.82, 2.24) is 0 Å². The molecule has 0 saturated carbocycles. The van der Waals surface area contributed by atoms with Crippen molar-refractivity contribution in [2.45, 2.75) is 18.3 Å². The van der Waals surface area contributed by atoms with Gasteiger partial charge in [0.2, 0.25) is 5.91 Å². The fourth-order valence-corrected chi connectivity index (χ4v) is 3.83. The lowest BCUT2D eigenvalue weighted by Gasteiger charge is -2.26. The number of alkyl halides is 2. The molecular formula is C12H14BBr2NO. The predicted octanol–water partition coefficient (Wildman–Crippen LogP) is 1.70. The summed E-state index contributed by atoms with van der Waals surface area (Å²) in [4.78, 5) is 12.3. The molecule has 0 atom stereocenters. The van der Waals surface area contributed by atoms with Crippen molar-refractivity contribution in [1.29, 1.82) is 0 Å². The van der Waals surface area contributed by atoms with Crippen LogP contribution < -0.4 is 10.8 Å². The zero-order valence-corrected chi connectivity index (χ0v) is 12.9. The topological polar surface area (TPSA) is 29.1 Å². The van der Waals surface area contributed by atoms with Crippen molar-refractivity contribution in [3.8, 4) is 0 Å². The van der Waals surface area contributed by atoms with Gasteiger partial charge in [-0.2, -0.15) is 0 Å². The van der Waals surface area contributed by atoms with E-state index in [0.717, 1.165) is 34.8 Å². The van der Waals surface area contributed by atoms with Gasteiger partial charge in [-0.25, -0.2) is 0 Å². The molecule has 1 amide bonds. The molecule has 2 nitrogen and oxygen atoms in total. The summed E-state index contributed by atoms with van der Waals surface area (Å²) in [5.74, 6) is 0.136. The van der Waals surface area contributed by atoms with Crippen molar-refractivity contribution in [3.05, 3.63) is 23.8 Å². The van der Waals surface area contributed by atoms with Gasteiger partial charge in [0.05, 0.1) is 5.41 Å². The molecule has 17 heavy (non-hydrogen) atoms. The SMILES string of the molecule is Bc1ccc2c(c1)C(CCBr)(CCBr)C(=O)N2. The third kappa shape index (κ3) is 2.19. The van der Waals surface area contributed by atoms with Crippen LogP contribution in [-0.4, -0.2) is 24.4 Å². The molecule has 1 N–H and O–H groups in total. The Kier molecular flexibility index (Phi) is 3.98. The molecular weight excluding hydrogens is 345 g/mol. The molecule has 90 valence electrons. The normalized spacial score (nSPS) is 16.7. The number of rotatable bonds is 4. The Morgan fingerprint density at radius 1 is 1.24 bits per heavy atom. The van der Waals surface area contributed by atoms with E-state index < -0.39 is 0 Å². The van der Waals surface area contributed by atoms with Gasteiger partial charge in [0.1, 0.15) is 7.85 Å². The van der Waals surface area contributed by atoms with Crippen LogP contribution in [0.2, 0.25) is 0 Å². The first-order valence-electron chi connectivity index (χ1n) is 5.68. The Balaban J connectivity index is 2.52. The highest BCUT2D eigenvalue weighted by Gasteiger charge is 2.45. The van der Waals surface area contributed by atoms with Gasteiger partial charge < -0.3 is 5.32 Å². The smallest absolute Gasteiger partial charge is 0.235 e. The van der Waals surface area contributed by atoms with Crippen LogP contribution in [0.5, 0.6) is 0 Å². The number of hydrogen-bond acceptors (Lipinski definition) is 1. The molecule has 0 spiro atoms. The number of carbonyl (C=O) groups excluding carboxylic acids is 1. The molecule has 5 heteroatoms. The van der Waals surface area contributed by atoms with Crippen molar-refractivity contribution >= 4 is 56.8 Å². The Morgan fingerprint density at radius 2 is 1.88 bits per heavy atom.